The van der Waals surface area contributed by atoms with Gasteiger partial charge in [0.15, 0.2) is 0 Å². The first-order chi connectivity index (χ1) is 11.6. The monoisotopic (exact) mass is 328 g/mol. The van der Waals surface area contributed by atoms with E-state index >= 15 is 0 Å². The lowest BCUT2D eigenvalue weighted by Crippen LogP contribution is -2.30. The molecule has 0 saturated carbocycles. The summed E-state index contributed by atoms with van der Waals surface area (Å²) in [4.78, 5) is 18.3. The minimum Gasteiger partial charge on any atom is -0.307 e. The zero-order valence-electron chi connectivity index (χ0n) is 15.1. The van der Waals surface area contributed by atoms with Gasteiger partial charge in [-0.05, 0) is 71.4 Å². The van der Waals surface area contributed by atoms with Crippen LogP contribution < -0.4 is 5.56 Å². The smallest absolute Gasteiger partial charge is 0.253 e. The standard InChI is InChI=1S/C19H28N4O/c1-4-23-18-16(13-8-5-6-9-14(13)19(24)20-18)17(21-23)15-10-7-11-22(15)12(2)3/h12,15H,4-11H2,1-3H3,(H,20,24)/t15-/m1/s1. The van der Waals surface area contributed by atoms with Crippen LogP contribution >= 0.6 is 0 Å². The molecule has 0 unspecified atom stereocenters. The number of nitrogens with zero attached hydrogens (tertiary/aromatic N) is 3. The van der Waals surface area contributed by atoms with Gasteiger partial charge < -0.3 is 4.98 Å². The van der Waals surface area contributed by atoms with E-state index in [1.54, 1.807) is 0 Å². The van der Waals surface area contributed by atoms with Crippen molar-refractivity contribution >= 4 is 11.0 Å². The second-order valence-electron chi connectivity index (χ2n) is 7.53. The molecule has 1 aliphatic carbocycles. The molecule has 0 radical (unpaired) electrons. The first-order valence-corrected chi connectivity index (χ1v) is 9.52. The van der Waals surface area contributed by atoms with Crippen LogP contribution in [0.2, 0.25) is 0 Å². The maximum Gasteiger partial charge on any atom is 0.253 e. The minimum atomic E-state index is 0.102. The molecule has 1 saturated heterocycles. The van der Waals surface area contributed by atoms with Crippen LogP contribution in [0, 0.1) is 0 Å². The zero-order chi connectivity index (χ0) is 16.8. The fourth-order valence-corrected chi connectivity index (χ4v) is 4.68. The molecule has 2 aromatic rings. The molecule has 1 aliphatic heterocycles. The lowest BCUT2D eigenvalue weighted by molar-refractivity contribution is 0.202. The van der Waals surface area contributed by atoms with Crippen LogP contribution in [0.3, 0.4) is 0 Å². The average Bonchev–Trinajstić information content (AvgIpc) is 3.19. The van der Waals surface area contributed by atoms with Crippen molar-refractivity contribution < 1.29 is 0 Å². The van der Waals surface area contributed by atoms with Crippen molar-refractivity contribution in [1.82, 2.24) is 19.7 Å². The third-order valence-corrected chi connectivity index (χ3v) is 5.83. The quantitative estimate of drug-likeness (QED) is 0.941. The fraction of sp³-hybridized carbons (Fsp3) is 0.684. The number of fused-ring (bicyclic) bond motifs is 3. The van der Waals surface area contributed by atoms with E-state index in [0.29, 0.717) is 12.1 Å². The van der Waals surface area contributed by atoms with E-state index in [4.69, 9.17) is 5.10 Å². The van der Waals surface area contributed by atoms with Gasteiger partial charge in [0.2, 0.25) is 0 Å². The highest BCUT2D eigenvalue weighted by molar-refractivity contribution is 5.84. The molecule has 4 rings (SSSR count). The van der Waals surface area contributed by atoms with Crippen molar-refractivity contribution in [3.05, 3.63) is 27.2 Å². The van der Waals surface area contributed by atoms with E-state index in [-0.39, 0.29) is 5.56 Å². The molecule has 1 atom stereocenters. The van der Waals surface area contributed by atoms with Crippen molar-refractivity contribution in [1.29, 1.82) is 0 Å². The highest BCUT2D eigenvalue weighted by atomic mass is 16.1. The van der Waals surface area contributed by atoms with E-state index in [1.165, 1.54) is 35.9 Å². The molecule has 3 heterocycles. The Hall–Kier alpha value is -1.62. The second kappa shape index (κ2) is 6.03. The maximum absolute atomic E-state index is 12.5. The number of aromatic amines is 1. The van der Waals surface area contributed by atoms with Crippen molar-refractivity contribution in [2.75, 3.05) is 6.54 Å². The first kappa shape index (κ1) is 15.9. The molecule has 0 aromatic carbocycles. The van der Waals surface area contributed by atoms with Gasteiger partial charge in [-0.15, -0.1) is 0 Å². The summed E-state index contributed by atoms with van der Waals surface area (Å²) in [6.07, 6.45) is 6.64. The molecule has 2 aromatic heterocycles. The van der Waals surface area contributed by atoms with Crippen molar-refractivity contribution in [3.63, 3.8) is 0 Å². The largest absolute Gasteiger partial charge is 0.307 e. The van der Waals surface area contributed by atoms with Gasteiger partial charge in [0, 0.05) is 23.5 Å². The first-order valence-electron chi connectivity index (χ1n) is 9.52. The predicted molar refractivity (Wildman–Crippen MR) is 96.5 cm³/mol. The number of rotatable bonds is 3. The van der Waals surface area contributed by atoms with Gasteiger partial charge in [-0.2, -0.15) is 5.10 Å². The lowest BCUT2D eigenvalue weighted by Gasteiger charge is -2.27. The second-order valence-corrected chi connectivity index (χ2v) is 7.53. The summed E-state index contributed by atoms with van der Waals surface area (Å²) in [6, 6.07) is 0.912. The van der Waals surface area contributed by atoms with E-state index in [9.17, 15) is 4.79 Å². The van der Waals surface area contributed by atoms with Crippen LogP contribution in [0.1, 0.15) is 69.3 Å². The van der Waals surface area contributed by atoms with Crippen LogP contribution in [0.15, 0.2) is 4.79 Å². The minimum absolute atomic E-state index is 0.102. The summed E-state index contributed by atoms with van der Waals surface area (Å²) in [5.41, 5.74) is 4.54. The number of aromatic nitrogens is 3. The van der Waals surface area contributed by atoms with E-state index < -0.39 is 0 Å². The Balaban J connectivity index is 1.97. The fourth-order valence-electron chi connectivity index (χ4n) is 4.68. The number of nitrogens with one attached hydrogen (secondary N) is 1. The van der Waals surface area contributed by atoms with Gasteiger partial charge in [0.25, 0.3) is 5.56 Å². The Bertz CT molecular complexity index is 817. The van der Waals surface area contributed by atoms with Crippen LogP contribution in [-0.2, 0) is 19.4 Å². The Kier molecular flexibility index (Phi) is 3.99. The SMILES string of the molecule is CCn1nc([C@H]2CCCN2C(C)C)c2c3c(c(=O)[nH]c21)CCCC3. The van der Waals surface area contributed by atoms with Crippen LogP contribution in [0.5, 0.6) is 0 Å². The number of likely N-dealkylation sites (tertiary alicyclic amines) is 1. The summed E-state index contributed by atoms with van der Waals surface area (Å²) in [5, 5.41) is 6.23. The summed E-state index contributed by atoms with van der Waals surface area (Å²) >= 11 is 0. The third kappa shape index (κ3) is 2.32. The van der Waals surface area contributed by atoms with Crippen LogP contribution in [0.25, 0.3) is 11.0 Å². The lowest BCUT2D eigenvalue weighted by atomic mass is 9.89. The molecule has 1 N–H and O–H groups in total. The summed E-state index contributed by atoms with van der Waals surface area (Å²) in [6.45, 7) is 8.58. The van der Waals surface area contributed by atoms with Crippen LogP contribution in [0.4, 0.5) is 0 Å². The topological polar surface area (TPSA) is 53.9 Å². The molecule has 0 spiro atoms. The van der Waals surface area contributed by atoms with Gasteiger partial charge in [-0.1, -0.05) is 0 Å². The highest BCUT2D eigenvalue weighted by Gasteiger charge is 2.33. The molecule has 2 aliphatic rings. The van der Waals surface area contributed by atoms with Crippen molar-refractivity contribution in [3.8, 4) is 0 Å². The zero-order valence-corrected chi connectivity index (χ0v) is 15.1. The summed E-state index contributed by atoms with van der Waals surface area (Å²) in [5.74, 6) is 0. The molecular formula is C19H28N4O. The molecule has 130 valence electrons. The highest BCUT2D eigenvalue weighted by Crippen LogP contribution is 2.38. The Morgan fingerprint density at radius 1 is 1.21 bits per heavy atom. The van der Waals surface area contributed by atoms with Gasteiger partial charge >= 0.3 is 0 Å². The van der Waals surface area contributed by atoms with Gasteiger partial charge in [-0.25, -0.2) is 4.68 Å². The third-order valence-electron chi connectivity index (χ3n) is 5.83. The van der Waals surface area contributed by atoms with Gasteiger partial charge in [0.1, 0.15) is 5.65 Å². The average molecular weight is 328 g/mol. The van der Waals surface area contributed by atoms with Crippen LogP contribution in [-0.4, -0.2) is 32.3 Å². The van der Waals surface area contributed by atoms with E-state index in [0.717, 1.165) is 43.6 Å². The number of hydrogen-bond acceptors (Lipinski definition) is 3. The predicted octanol–water partition coefficient (Wildman–Crippen LogP) is 3.17. The van der Waals surface area contributed by atoms with Gasteiger partial charge in [0.05, 0.1) is 11.7 Å². The van der Waals surface area contributed by atoms with Gasteiger partial charge in [-0.3, -0.25) is 9.69 Å². The Morgan fingerprint density at radius 3 is 2.67 bits per heavy atom. The normalized spacial score (nSPS) is 21.8. The molecule has 0 bridgehead atoms. The molecular weight excluding hydrogens is 300 g/mol. The van der Waals surface area contributed by atoms with Crippen molar-refractivity contribution in [2.24, 2.45) is 0 Å². The number of aryl methyl sites for hydroxylation is 2. The molecule has 24 heavy (non-hydrogen) atoms. The molecule has 0 amide bonds. The molecule has 5 nitrogen and oxygen atoms in total. The molecule has 1 fully saturated rings. The van der Waals surface area contributed by atoms with E-state index in [1.807, 2.05) is 4.68 Å². The summed E-state index contributed by atoms with van der Waals surface area (Å²) < 4.78 is 2.00. The number of pyridine rings is 1. The summed E-state index contributed by atoms with van der Waals surface area (Å²) in [7, 11) is 0. The molecule has 5 heteroatoms. The number of hydrogen-bond donors (Lipinski definition) is 1. The Labute approximate surface area is 143 Å². The van der Waals surface area contributed by atoms with E-state index in [2.05, 4.69) is 30.7 Å². The maximum atomic E-state index is 12.5. The number of H-pyrrole nitrogens is 1. The Morgan fingerprint density at radius 2 is 1.96 bits per heavy atom. The van der Waals surface area contributed by atoms with Crippen molar-refractivity contribution in [2.45, 2.75) is 77.9 Å².